The Kier molecular flexibility index (Phi) is 4.52. The molecule has 5 nitrogen and oxygen atoms in total. The van der Waals surface area contributed by atoms with E-state index in [1.807, 2.05) is 26.2 Å². The highest BCUT2D eigenvalue weighted by atomic mass is 35.5. The SMILES string of the molecule is CN(C)CC1CC(O)CN1c1cccc(Cl)c1C(=N)N. The fourth-order valence-corrected chi connectivity index (χ4v) is 3.07. The molecule has 1 aliphatic heterocycles. The molecule has 1 heterocycles. The first-order valence-electron chi connectivity index (χ1n) is 6.62. The van der Waals surface area contributed by atoms with Gasteiger partial charge in [-0.25, -0.2) is 0 Å². The van der Waals surface area contributed by atoms with Gasteiger partial charge in [-0.3, -0.25) is 5.41 Å². The molecule has 1 saturated heterocycles. The third kappa shape index (κ3) is 3.06. The van der Waals surface area contributed by atoms with Crippen molar-refractivity contribution in [3.8, 4) is 0 Å². The fraction of sp³-hybridized carbons (Fsp3) is 0.500. The van der Waals surface area contributed by atoms with Crippen LogP contribution in [0.15, 0.2) is 18.2 Å². The van der Waals surface area contributed by atoms with Crippen LogP contribution in [-0.2, 0) is 0 Å². The molecule has 0 aliphatic carbocycles. The second-order valence-electron chi connectivity index (χ2n) is 5.51. The first kappa shape index (κ1) is 15.1. The molecule has 0 saturated carbocycles. The van der Waals surface area contributed by atoms with Crippen LogP contribution in [-0.4, -0.2) is 55.2 Å². The Labute approximate surface area is 124 Å². The predicted molar refractivity (Wildman–Crippen MR) is 82.8 cm³/mol. The van der Waals surface area contributed by atoms with E-state index in [9.17, 15) is 5.11 Å². The van der Waals surface area contributed by atoms with Gasteiger partial charge >= 0.3 is 0 Å². The number of nitrogens with zero attached hydrogens (tertiary/aromatic N) is 2. The maximum atomic E-state index is 9.96. The Bertz CT molecular complexity index is 506. The monoisotopic (exact) mass is 296 g/mol. The molecule has 6 heteroatoms. The van der Waals surface area contributed by atoms with Crippen LogP contribution in [0.5, 0.6) is 0 Å². The number of hydrogen-bond acceptors (Lipinski definition) is 4. The summed E-state index contributed by atoms with van der Waals surface area (Å²) >= 11 is 6.17. The number of rotatable bonds is 4. The van der Waals surface area contributed by atoms with Gasteiger partial charge in [-0.2, -0.15) is 0 Å². The summed E-state index contributed by atoms with van der Waals surface area (Å²) in [5.41, 5.74) is 7.04. The van der Waals surface area contributed by atoms with E-state index >= 15 is 0 Å². The third-order valence-corrected chi connectivity index (χ3v) is 3.85. The molecule has 1 fully saturated rings. The summed E-state index contributed by atoms with van der Waals surface area (Å²) < 4.78 is 0. The van der Waals surface area contributed by atoms with E-state index in [1.54, 1.807) is 6.07 Å². The van der Waals surface area contributed by atoms with Gasteiger partial charge in [-0.1, -0.05) is 17.7 Å². The zero-order valence-corrected chi connectivity index (χ0v) is 12.6. The van der Waals surface area contributed by atoms with Crippen LogP contribution in [0.1, 0.15) is 12.0 Å². The highest BCUT2D eigenvalue weighted by Gasteiger charge is 2.33. The maximum absolute atomic E-state index is 9.96. The van der Waals surface area contributed by atoms with E-state index in [2.05, 4.69) is 9.80 Å². The van der Waals surface area contributed by atoms with Crippen molar-refractivity contribution in [1.82, 2.24) is 4.90 Å². The number of benzene rings is 1. The minimum absolute atomic E-state index is 0.0457. The Balaban J connectivity index is 2.39. The average molecular weight is 297 g/mol. The van der Waals surface area contributed by atoms with Crippen molar-refractivity contribution in [1.29, 1.82) is 5.41 Å². The number of aliphatic hydroxyl groups excluding tert-OH is 1. The van der Waals surface area contributed by atoms with E-state index in [0.717, 1.165) is 12.2 Å². The average Bonchev–Trinajstić information content (AvgIpc) is 2.68. The number of aliphatic hydroxyl groups is 1. The smallest absolute Gasteiger partial charge is 0.126 e. The molecule has 1 aromatic rings. The number of nitrogen functional groups attached to an aromatic ring is 1. The van der Waals surface area contributed by atoms with Gasteiger partial charge < -0.3 is 20.6 Å². The quantitative estimate of drug-likeness (QED) is 0.575. The molecule has 1 aromatic carbocycles. The van der Waals surface area contributed by atoms with Gasteiger partial charge in [0.15, 0.2) is 0 Å². The molecule has 0 bridgehead atoms. The maximum Gasteiger partial charge on any atom is 0.126 e. The Morgan fingerprint density at radius 2 is 2.25 bits per heavy atom. The van der Waals surface area contributed by atoms with Crippen LogP contribution in [0.25, 0.3) is 0 Å². The van der Waals surface area contributed by atoms with Crippen molar-refractivity contribution in [2.75, 3.05) is 32.1 Å². The molecule has 0 radical (unpaired) electrons. The third-order valence-electron chi connectivity index (χ3n) is 3.54. The van der Waals surface area contributed by atoms with Crippen LogP contribution in [0.3, 0.4) is 0 Å². The van der Waals surface area contributed by atoms with Crippen molar-refractivity contribution >= 4 is 23.1 Å². The fourth-order valence-electron chi connectivity index (χ4n) is 2.80. The lowest BCUT2D eigenvalue weighted by molar-refractivity contribution is 0.191. The van der Waals surface area contributed by atoms with Gasteiger partial charge in [0.25, 0.3) is 0 Å². The lowest BCUT2D eigenvalue weighted by Gasteiger charge is -2.30. The number of nitrogens with two attached hydrogens (primary N) is 1. The number of anilines is 1. The molecule has 4 N–H and O–H groups in total. The molecule has 110 valence electrons. The summed E-state index contributed by atoms with van der Waals surface area (Å²) in [4.78, 5) is 4.20. The summed E-state index contributed by atoms with van der Waals surface area (Å²) in [6.07, 6.45) is 0.348. The normalized spacial score (nSPS) is 22.6. The molecule has 20 heavy (non-hydrogen) atoms. The topological polar surface area (TPSA) is 76.6 Å². The molecular formula is C14H21ClN4O. The minimum atomic E-state index is -0.362. The van der Waals surface area contributed by atoms with Crippen molar-refractivity contribution < 1.29 is 5.11 Å². The van der Waals surface area contributed by atoms with Crippen molar-refractivity contribution in [2.45, 2.75) is 18.6 Å². The van der Waals surface area contributed by atoms with E-state index < -0.39 is 0 Å². The van der Waals surface area contributed by atoms with Gasteiger partial charge in [-0.15, -0.1) is 0 Å². The van der Waals surface area contributed by atoms with Gasteiger partial charge in [0, 0.05) is 24.8 Å². The zero-order chi connectivity index (χ0) is 14.9. The van der Waals surface area contributed by atoms with Crippen LogP contribution in [0.4, 0.5) is 5.69 Å². The largest absolute Gasteiger partial charge is 0.391 e. The molecule has 0 spiro atoms. The van der Waals surface area contributed by atoms with Gasteiger partial charge in [0.05, 0.1) is 16.7 Å². The highest BCUT2D eigenvalue weighted by Crippen LogP contribution is 2.32. The van der Waals surface area contributed by atoms with Crippen LogP contribution >= 0.6 is 11.6 Å². The summed E-state index contributed by atoms with van der Waals surface area (Å²) in [6, 6.07) is 5.68. The summed E-state index contributed by atoms with van der Waals surface area (Å²) in [5.74, 6) is -0.0457. The van der Waals surface area contributed by atoms with Crippen LogP contribution in [0.2, 0.25) is 5.02 Å². The number of hydrogen-bond donors (Lipinski definition) is 3. The first-order valence-corrected chi connectivity index (χ1v) is 7.00. The second-order valence-corrected chi connectivity index (χ2v) is 5.91. The Morgan fingerprint density at radius 3 is 2.85 bits per heavy atom. The first-order chi connectivity index (χ1) is 9.40. The minimum Gasteiger partial charge on any atom is -0.391 e. The highest BCUT2D eigenvalue weighted by molar-refractivity contribution is 6.34. The van der Waals surface area contributed by atoms with E-state index in [0.29, 0.717) is 23.6 Å². The molecule has 0 amide bonds. The van der Waals surface area contributed by atoms with Gasteiger partial charge in [-0.05, 0) is 32.6 Å². The lowest BCUT2D eigenvalue weighted by Crippen LogP contribution is -2.38. The van der Waals surface area contributed by atoms with Crippen molar-refractivity contribution in [2.24, 2.45) is 5.73 Å². The molecule has 2 unspecified atom stereocenters. The number of likely N-dealkylation sites (N-methyl/N-ethyl adjacent to an activating group) is 1. The van der Waals surface area contributed by atoms with Crippen LogP contribution < -0.4 is 10.6 Å². The van der Waals surface area contributed by atoms with Gasteiger partial charge in [0.2, 0.25) is 0 Å². The zero-order valence-electron chi connectivity index (χ0n) is 11.8. The van der Waals surface area contributed by atoms with E-state index in [1.165, 1.54) is 0 Å². The van der Waals surface area contributed by atoms with Gasteiger partial charge in [0.1, 0.15) is 5.84 Å². The van der Waals surface area contributed by atoms with E-state index in [-0.39, 0.29) is 18.0 Å². The van der Waals surface area contributed by atoms with Crippen molar-refractivity contribution in [3.63, 3.8) is 0 Å². The number of halogens is 1. The lowest BCUT2D eigenvalue weighted by atomic mass is 10.1. The molecule has 2 rings (SSSR count). The van der Waals surface area contributed by atoms with Crippen molar-refractivity contribution in [3.05, 3.63) is 28.8 Å². The Hall–Kier alpha value is -1.30. The predicted octanol–water partition coefficient (Wildman–Crippen LogP) is 1.13. The molecular weight excluding hydrogens is 276 g/mol. The molecule has 1 aliphatic rings. The summed E-state index contributed by atoms with van der Waals surface area (Å²) in [5, 5.41) is 18.2. The second kappa shape index (κ2) is 5.99. The molecule has 2 atom stereocenters. The number of β-amino-alcohol motifs (C(OH)–C–C–N with tert-alkyl or cyclic N) is 1. The number of nitrogens with one attached hydrogen (secondary N) is 1. The number of amidine groups is 1. The summed E-state index contributed by atoms with van der Waals surface area (Å²) in [7, 11) is 4.01. The standard InChI is InChI=1S/C14H21ClN4O/c1-18(2)7-9-6-10(20)8-19(9)12-5-3-4-11(15)13(12)14(16)17/h3-5,9-10,20H,6-8H2,1-2H3,(H3,16,17). The van der Waals surface area contributed by atoms with E-state index in [4.69, 9.17) is 22.7 Å². The molecule has 0 aromatic heterocycles. The summed E-state index contributed by atoms with van der Waals surface area (Å²) in [6.45, 7) is 1.38. The Morgan fingerprint density at radius 1 is 1.55 bits per heavy atom. The van der Waals surface area contributed by atoms with Crippen LogP contribution in [0, 0.1) is 5.41 Å².